The number of pyridine rings is 1. The maximum Gasteiger partial charge on any atom is 0.494 e. The van der Waals surface area contributed by atoms with Gasteiger partial charge < -0.3 is 9.31 Å². The highest BCUT2D eigenvalue weighted by Gasteiger charge is 2.51. The van der Waals surface area contributed by atoms with Gasteiger partial charge >= 0.3 is 7.12 Å². The zero-order valence-electron chi connectivity index (χ0n) is 12.4. The number of halogens is 2. The van der Waals surface area contributed by atoms with Crippen molar-refractivity contribution in [2.24, 2.45) is 0 Å². The Hall–Kier alpha value is -0.805. The molecule has 0 amide bonds. The Morgan fingerprint density at radius 3 is 2.24 bits per heavy atom. The van der Waals surface area contributed by atoms with Crippen molar-refractivity contribution in [1.82, 2.24) is 4.98 Å². The predicted octanol–water partition coefficient (Wildman–Crippen LogP) is 3.84. The lowest BCUT2D eigenvalue weighted by molar-refractivity contribution is 0.00578. The molecule has 0 aliphatic carbocycles. The number of hydrogen-bond donors (Lipinski definition) is 0. The highest BCUT2D eigenvalue weighted by Crippen LogP contribution is 2.36. The normalized spacial score (nSPS) is 20.2. The summed E-state index contributed by atoms with van der Waals surface area (Å²) in [5, 5.41) is 2.56. The Kier molecular flexibility index (Phi) is 3.49. The van der Waals surface area contributed by atoms with E-state index in [1.165, 1.54) is 0 Å². The summed E-state index contributed by atoms with van der Waals surface area (Å²) in [6.07, 6.45) is 0. The molecule has 1 aliphatic heterocycles. The zero-order valence-corrected chi connectivity index (χ0v) is 13.9. The smallest absolute Gasteiger partial charge is 0.399 e. The van der Waals surface area contributed by atoms with Crippen LogP contribution in [0.25, 0.3) is 10.8 Å². The fourth-order valence-electron chi connectivity index (χ4n) is 2.33. The lowest BCUT2D eigenvalue weighted by Crippen LogP contribution is -2.41. The van der Waals surface area contributed by atoms with Gasteiger partial charge in [0.05, 0.1) is 11.2 Å². The summed E-state index contributed by atoms with van der Waals surface area (Å²) < 4.78 is 12.1. The highest BCUT2D eigenvalue weighted by atomic mass is 35.5. The van der Waals surface area contributed by atoms with Gasteiger partial charge in [0.15, 0.2) is 0 Å². The first-order valence-electron chi connectivity index (χ1n) is 6.81. The molecule has 6 heteroatoms. The van der Waals surface area contributed by atoms with Gasteiger partial charge in [0.1, 0.15) is 10.3 Å². The Labute approximate surface area is 134 Å². The molecule has 0 N–H and O–H groups in total. The topological polar surface area (TPSA) is 31.4 Å². The minimum Gasteiger partial charge on any atom is -0.399 e. The molecule has 0 bridgehead atoms. The van der Waals surface area contributed by atoms with Gasteiger partial charge in [-0.25, -0.2) is 4.98 Å². The van der Waals surface area contributed by atoms with Crippen LogP contribution in [-0.2, 0) is 9.31 Å². The van der Waals surface area contributed by atoms with Gasteiger partial charge in [-0.05, 0) is 44.6 Å². The molecule has 21 heavy (non-hydrogen) atoms. The monoisotopic (exact) mass is 323 g/mol. The molecule has 2 heterocycles. The number of hydrogen-bond acceptors (Lipinski definition) is 3. The van der Waals surface area contributed by atoms with Crippen molar-refractivity contribution < 1.29 is 9.31 Å². The summed E-state index contributed by atoms with van der Waals surface area (Å²) in [5.41, 5.74) is 0.222. The lowest BCUT2D eigenvalue weighted by Gasteiger charge is -2.32. The third-order valence-corrected chi connectivity index (χ3v) is 4.78. The van der Waals surface area contributed by atoms with Gasteiger partial charge in [0, 0.05) is 5.39 Å². The summed E-state index contributed by atoms with van der Waals surface area (Å²) in [7, 11) is -0.398. The van der Waals surface area contributed by atoms with E-state index in [9.17, 15) is 0 Å². The van der Waals surface area contributed by atoms with Crippen LogP contribution in [0, 0.1) is 0 Å². The summed E-state index contributed by atoms with van der Waals surface area (Å²) in [5.74, 6) is 0. The van der Waals surface area contributed by atoms with Crippen molar-refractivity contribution in [3.63, 3.8) is 0 Å². The van der Waals surface area contributed by atoms with Crippen LogP contribution in [0.1, 0.15) is 27.7 Å². The van der Waals surface area contributed by atoms with Gasteiger partial charge in [0.25, 0.3) is 0 Å². The molecule has 3 nitrogen and oxygen atoms in total. The van der Waals surface area contributed by atoms with E-state index in [0.29, 0.717) is 10.3 Å². The second-order valence-electron chi connectivity index (χ2n) is 6.30. The average molecular weight is 324 g/mol. The third-order valence-electron chi connectivity index (χ3n) is 4.30. The molecular weight excluding hydrogens is 308 g/mol. The first kappa shape index (κ1) is 15.1. The Balaban J connectivity index is 2.03. The van der Waals surface area contributed by atoms with E-state index >= 15 is 0 Å². The molecular formula is C15H16BCl2NO2. The summed E-state index contributed by atoms with van der Waals surface area (Å²) in [6.45, 7) is 8.13. The van der Waals surface area contributed by atoms with E-state index in [1.807, 2.05) is 45.9 Å². The SMILES string of the molecule is CC1(C)OB(c2ccc3c(Cl)nc(Cl)cc3c2)OC1(C)C. The molecule has 3 rings (SSSR count). The van der Waals surface area contributed by atoms with Crippen molar-refractivity contribution in [3.05, 3.63) is 34.6 Å². The van der Waals surface area contributed by atoms with Crippen molar-refractivity contribution in [1.29, 1.82) is 0 Å². The number of fused-ring (bicyclic) bond motifs is 1. The zero-order chi connectivity index (χ0) is 15.4. The van der Waals surface area contributed by atoms with E-state index in [-0.39, 0.29) is 11.2 Å². The number of aromatic nitrogens is 1. The average Bonchev–Trinajstić information content (AvgIpc) is 2.57. The Bertz CT molecular complexity index is 702. The van der Waals surface area contributed by atoms with E-state index in [2.05, 4.69) is 4.98 Å². The van der Waals surface area contributed by atoms with Crippen LogP contribution >= 0.6 is 23.2 Å². The van der Waals surface area contributed by atoms with Crippen molar-refractivity contribution >= 4 is 46.6 Å². The lowest BCUT2D eigenvalue weighted by atomic mass is 9.78. The highest BCUT2D eigenvalue weighted by molar-refractivity contribution is 6.62. The van der Waals surface area contributed by atoms with Crippen LogP contribution in [-0.4, -0.2) is 23.3 Å². The first-order valence-corrected chi connectivity index (χ1v) is 7.56. The van der Waals surface area contributed by atoms with Crippen molar-refractivity contribution in [3.8, 4) is 0 Å². The molecule has 1 aromatic carbocycles. The standard InChI is InChI=1S/C15H16BCl2NO2/c1-14(2)15(3,4)21-16(20-14)10-5-6-11-9(7-10)8-12(17)19-13(11)18/h5-8H,1-4H3. The van der Waals surface area contributed by atoms with Crippen LogP contribution in [0.15, 0.2) is 24.3 Å². The summed E-state index contributed by atoms with van der Waals surface area (Å²) >= 11 is 12.1. The summed E-state index contributed by atoms with van der Waals surface area (Å²) in [6, 6.07) is 7.64. The van der Waals surface area contributed by atoms with Gasteiger partial charge in [-0.1, -0.05) is 41.4 Å². The van der Waals surface area contributed by atoms with Crippen molar-refractivity contribution in [2.75, 3.05) is 0 Å². The quantitative estimate of drug-likeness (QED) is 0.590. The van der Waals surface area contributed by atoms with E-state index in [4.69, 9.17) is 32.5 Å². The van der Waals surface area contributed by atoms with E-state index < -0.39 is 7.12 Å². The molecule has 1 saturated heterocycles. The minimum atomic E-state index is -0.398. The van der Waals surface area contributed by atoms with Gasteiger partial charge in [-0.15, -0.1) is 0 Å². The molecule has 1 aliphatic rings. The van der Waals surface area contributed by atoms with Gasteiger partial charge in [0.2, 0.25) is 0 Å². The molecule has 110 valence electrons. The molecule has 0 radical (unpaired) electrons. The maximum atomic E-state index is 6.11. The molecule has 0 spiro atoms. The third kappa shape index (κ3) is 2.55. The Morgan fingerprint density at radius 1 is 1.00 bits per heavy atom. The second kappa shape index (κ2) is 4.85. The first-order chi connectivity index (χ1) is 9.69. The van der Waals surface area contributed by atoms with Crippen LogP contribution in [0.3, 0.4) is 0 Å². The molecule has 0 saturated carbocycles. The van der Waals surface area contributed by atoms with E-state index in [1.54, 1.807) is 6.07 Å². The molecule has 2 aromatic rings. The van der Waals surface area contributed by atoms with Gasteiger partial charge in [-0.3, -0.25) is 0 Å². The fourth-order valence-corrected chi connectivity index (χ4v) is 2.84. The number of rotatable bonds is 1. The maximum absolute atomic E-state index is 6.11. The minimum absolute atomic E-state index is 0.361. The van der Waals surface area contributed by atoms with E-state index in [0.717, 1.165) is 16.2 Å². The predicted molar refractivity (Wildman–Crippen MR) is 87.5 cm³/mol. The number of nitrogens with zero attached hydrogens (tertiary/aromatic N) is 1. The Morgan fingerprint density at radius 2 is 1.62 bits per heavy atom. The van der Waals surface area contributed by atoms with Crippen LogP contribution in [0.2, 0.25) is 10.3 Å². The van der Waals surface area contributed by atoms with Crippen LogP contribution in [0.4, 0.5) is 0 Å². The molecule has 0 unspecified atom stereocenters. The molecule has 1 aromatic heterocycles. The van der Waals surface area contributed by atoms with Crippen LogP contribution in [0.5, 0.6) is 0 Å². The largest absolute Gasteiger partial charge is 0.494 e. The van der Waals surface area contributed by atoms with Crippen LogP contribution < -0.4 is 5.46 Å². The van der Waals surface area contributed by atoms with Gasteiger partial charge in [-0.2, -0.15) is 0 Å². The van der Waals surface area contributed by atoms with Crippen molar-refractivity contribution in [2.45, 2.75) is 38.9 Å². The summed E-state index contributed by atoms with van der Waals surface area (Å²) in [4.78, 5) is 4.04. The molecule has 0 atom stereocenters. The molecule has 1 fully saturated rings. The fraction of sp³-hybridized carbons (Fsp3) is 0.400. The number of benzene rings is 1. The second-order valence-corrected chi connectivity index (χ2v) is 7.05.